The average Bonchev–Trinajstić information content (AvgIpc) is 2.47. The lowest BCUT2D eigenvalue weighted by atomic mass is 10.1. The third kappa shape index (κ3) is 1.68. The summed E-state index contributed by atoms with van der Waals surface area (Å²) in [7, 11) is 0. The minimum absolute atomic E-state index is 0.872. The zero-order chi connectivity index (χ0) is 6.85. The normalized spacial score (nSPS) is 33.3. The molecule has 1 heterocycles. The monoisotopic (exact) mass is 127 g/mol. The SMILES string of the molecule is CCCN1CC1C(C)C. The first-order valence-corrected chi connectivity index (χ1v) is 3.99. The Morgan fingerprint density at radius 1 is 1.56 bits per heavy atom. The minimum atomic E-state index is 0.872. The van der Waals surface area contributed by atoms with Gasteiger partial charge in [-0.15, -0.1) is 0 Å². The van der Waals surface area contributed by atoms with Gasteiger partial charge in [-0.05, 0) is 18.9 Å². The Bertz CT molecular complexity index is 88.6. The van der Waals surface area contributed by atoms with Crippen molar-refractivity contribution in [2.45, 2.75) is 33.2 Å². The van der Waals surface area contributed by atoms with Crippen molar-refractivity contribution in [3.05, 3.63) is 0 Å². The van der Waals surface area contributed by atoms with Crippen molar-refractivity contribution in [1.82, 2.24) is 4.90 Å². The molecule has 1 saturated heterocycles. The zero-order valence-electron chi connectivity index (χ0n) is 6.72. The summed E-state index contributed by atoms with van der Waals surface area (Å²) in [6.07, 6.45) is 1.31. The standard InChI is InChI=1S/C8H17N/c1-4-5-9-6-8(9)7(2)3/h7-8H,4-6H2,1-3H3. The molecule has 1 aliphatic rings. The topological polar surface area (TPSA) is 3.01 Å². The van der Waals surface area contributed by atoms with Crippen LogP contribution < -0.4 is 0 Å². The Hall–Kier alpha value is -0.0400. The van der Waals surface area contributed by atoms with Gasteiger partial charge < -0.3 is 0 Å². The second kappa shape index (κ2) is 2.70. The fraction of sp³-hybridized carbons (Fsp3) is 1.00. The molecule has 2 unspecified atom stereocenters. The Kier molecular flexibility index (Phi) is 2.12. The molecule has 1 heteroatoms. The van der Waals surface area contributed by atoms with Gasteiger partial charge in [0.25, 0.3) is 0 Å². The van der Waals surface area contributed by atoms with E-state index in [1.54, 1.807) is 0 Å². The van der Waals surface area contributed by atoms with Crippen LogP contribution in [0.4, 0.5) is 0 Å². The van der Waals surface area contributed by atoms with Crippen molar-refractivity contribution in [3.63, 3.8) is 0 Å². The third-order valence-corrected chi connectivity index (χ3v) is 2.04. The van der Waals surface area contributed by atoms with Gasteiger partial charge in [-0.1, -0.05) is 20.8 Å². The molecule has 0 bridgehead atoms. The zero-order valence-corrected chi connectivity index (χ0v) is 6.72. The summed E-state index contributed by atoms with van der Waals surface area (Å²) in [5, 5.41) is 0. The van der Waals surface area contributed by atoms with E-state index >= 15 is 0 Å². The molecule has 0 amide bonds. The maximum atomic E-state index is 2.55. The van der Waals surface area contributed by atoms with Crippen LogP contribution in [0.5, 0.6) is 0 Å². The van der Waals surface area contributed by atoms with Gasteiger partial charge in [0.1, 0.15) is 0 Å². The highest BCUT2D eigenvalue weighted by Gasteiger charge is 2.34. The highest BCUT2D eigenvalue weighted by molar-refractivity contribution is 4.90. The highest BCUT2D eigenvalue weighted by Crippen LogP contribution is 2.24. The maximum Gasteiger partial charge on any atom is 0.0246 e. The van der Waals surface area contributed by atoms with E-state index in [9.17, 15) is 0 Å². The van der Waals surface area contributed by atoms with Crippen molar-refractivity contribution < 1.29 is 0 Å². The van der Waals surface area contributed by atoms with Gasteiger partial charge in [0.15, 0.2) is 0 Å². The smallest absolute Gasteiger partial charge is 0.0246 e. The summed E-state index contributed by atoms with van der Waals surface area (Å²) in [6.45, 7) is 9.52. The number of hydrogen-bond donors (Lipinski definition) is 0. The molecule has 1 aliphatic heterocycles. The van der Waals surface area contributed by atoms with E-state index in [1.807, 2.05) is 0 Å². The second-order valence-electron chi connectivity index (χ2n) is 3.31. The van der Waals surface area contributed by atoms with Crippen LogP contribution in [-0.2, 0) is 0 Å². The second-order valence-corrected chi connectivity index (χ2v) is 3.31. The molecule has 0 saturated carbocycles. The average molecular weight is 127 g/mol. The highest BCUT2D eigenvalue weighted by atomic mass is 15.3. The van der Waals surface area contributed by atoms with Crippen LogP contribution >= 0.6 is 0 Å². The molecule has 1 nitrogen and oxygen atoms in total. The molecule has 0 N–H and O–H groups in total. The molecule has 1 rings (SSSR count). The van der Waals surface area contributed by atoms with E-state index in [-0.39, 0.29) is 0 Å². The van der Waals surface area contributed by atoms with E-state index in [4.69, 9.17) is 0 Å². The first-order chi connectivity index (χ1) is 4.25. The molecular formula is C8H17N. The van der Waals surface area contributed by atoms with Gasteiger partial charge in [0, 0.05) is 12.6 Å². The minimum Gasteiger partial charge on any atom is -0.297 e. The lowest BCUT2D eigenvalue weighted by Gasteiger charge is -2.02. The molecule has 54 valence electrons. The summed E-state index contributed by atoms with van der Waals surface area (Å²) < 4.78 is 0. The van der Waals surface area contributed by atoms with Crippen LogP contribution in [0.2, 0.25) is 0 Å². The summed E-state index contributed by atoms with van der Waals surface area (Å²) in [5.74, 6) is 0.872. The molecule has 2 atom stereocenters. The Balaban J connectivity index is 2.09. The van der Waals surface area contributed by atoms with Crippen molar-refractivity contribution in [2.75, 3.05) is 13.1 Å². The molecule has 0 spiro atoms. The Morgan fingerprint density at radius 3 is 2.56 bits per heavy atom. The summed E-state index contributed by atoms with van der Waals surface area (Å²) in [6, 6.07) is 0.921. The third-order valence-electron chi connectivity index (χ3n) is 2.04. The molecule has 0 aromatic heterocycles. The molecule has 9 heavy (non-hydrogen) atoms. The van der Waals surface area contributed by atoms with E-state index < -0.39 is 0 Å². The van der Waals surface area contributed by atoms with Crippen LogP contribution in [0.1, 0.15) is 27.2 Å². The van der Waals surface area contributed by atoms with Crippen LogP contribution in [-0.4, -0.2) is 24.0 Å². The predicted octanol–water partition coefficient (Wildman–Crippen LogP) is 1.74. The quantitative estimate of drug-likeness (QED) is 0.522. The lowest BCUT2D eigenvalue weighted by molar-refractivity contribution is 0.443. The molecule has 0 aromatic carbocycles. The summed E-state index contributed by atoms with van der Waals surface area (Å²) in [4.78, 5) is 2.55. The molecular weight excluding hydrogens is 110 g/mol. The van der Waals surface area contributed by atoms with Crippen molar-refractivity contribution in [2.24, 2.45) is 5.92 Å². The number of hydrogen-bond acceptors (Lipinski definition) is 1. The van der Waals surface area contributed by atoms with Gasteiger partial charge in [-0.2, -0.15) is 0 Å². The number of nitrogens with zero attached hydrogens (tertiary/aromatic N) is 1. The first-order valence-electron chi connectivity index (χ1n) is 3.99. The van der Waals surface area contributed by atoms with Crippen LogP contribution in [0.3, 0.4) is 0 Å². The van der Waals surface area contributed by atoms with E-state index in [2.05, 4.69) is 25.7 Å². The first kappa shape index (κ1) is 7.07. The summed E-state index contributed by atoms with van der Waals surface area (Å²) >= 11 is 0. The van der Waals surface area contributed by atoms with Crippen LogP contribution in [0.15, 0.2) is 0 Å². The fourth-order valence-electron chi connectivity index (χ4n) is 1.37. The fourth-order valence-corrected chi connectivity index (χ4v) is 1.37. The van der Waals surface area contributed by atoms with Gasteiger partial charge in [0.05, 0.1) is 0 Å². The van der Waals surface area contributed by atoms with Crippen LogP contribution in [0.25, 0.3) is 0 Å². The Labute approximate surface area is 58.0 Å². The van der Waals surface area contributed by atoms with Gasteiger partial charge in [-0.3, -0.25) is 4.90 Å². The van der Waals surface area contributed by atoms with E-state index in [0.29, 0.717) is 0 Å². The van der Waals surface area contributed by atoms with E-state index in [1.165, 1.54) is 19.5 Å². The summed E-state index contributed by atoms with van der Waals surface area (Å²) in [5.41, 5.74) is 0. The van der Waals surface area contributed by atoms with Crippen molar-refractivity contribution in [1.29, 1.82) is 0 Å². The van der Waals surface area contributed by atoms with Crippen molar-refractivity contribution >= 4 is 0 Å². The van der Waals surface area contributed by atoms with Crippen molar-refractivity contribution in [3.8, 4) is 0 Å². The predicted molar refractivity (Wildman–Crippen MR) is 40.5 cm³/mol. The largest absolute Gasteiger partial charge is 0.297 e. The van der Waals surface area contributed by atoms with Gasteiger partial charge >= 0.3 is 0 Å². The van der Waals surface area contributed by atoms with Gasteiger partial charge in [0.2, 0.25) is 0 Å². The number of rotatable bonds is 3. The molecule has 0 aromatic rings. The molecule has 0 radical (unpaired) electrons. The van der Waals surface area contributed by atoms with E-state index in [0.717, 1.165) is 12.0 Å². The molecule has 0 aliphatic carbocycles. The van der Waals surface area contributed by atoms with Gasteiger partial charge in [-0.25, -0.2) is 0 Å². The van der Waals surface area contributed by atoms with Crippen LogP contribution in [0, 0.1) is 5.92 Å². The maximum absolute atomic E-state index is 2.55. The molecule has 1 fully saturated rings. The lowest BCUT2D eigenvalue weighted by Crippen LogP contribution is -2.07. The Morgan fingerprint density at radius 2 is 2.22 bits per heavy atom.